The average molecular weight is 225 g/mol. The largest absolute Gasteiger partial charge is 0.287 e. The SMILES string of the molecule is O=C(c1cnccn1)C(Cl)(Cl)Cl. The summed E-state index contributed by atoms with van der Waals surface area (Å²) in [6.07, 6.45) is 4.02. The minimum absolute atomic E-state index is 0.0394. The predicted molar refractivity (Wildman–Crippen MR) is 46.7 cm³/mol. The first kappa shape index (κ1) is 9.71. The number of halogens is 3. The maximum atomic E-state index is 11.2. The molecule has 0 aliphatic carbocycles. The first-order valence-electron chi connectivity index (χ1n) is 2.89. The molecule has 1 rings (SSSR count). The minimum atomic E-state index is -1.96. The zero-order valence-electron chi connectivity index (χ0n) is 5.67. The van der Waals surface area contributed by atoms with E-state index in [-0.39, 0.29) is 5.69 Å². The summed E-state index contributed by atoms with van der Waals surface area (Å²) in [7, 11) is 0. The Bertz CT molecular complexity index is 283. The summed E-state index contributed by atoms with van der Waals surface area (Å²) in [4.78, 5) is 18.5. The fourth-order valence-corrected chi connectivity index (χ4v) is 0.852. The topological polar surface area (TPSA) is 42.9 Å². The van der Waals surface area contributed by atoms with Crippen LogP contribution in [0, 0.1) is 0 Å². The molecule has 0 unspecified atom stereocenters. The molecule has 3 nitrogen and oxygen atoms in total. The third-order valence-electron chi connectivity index (χ3n) is 1.05. The molecule has 0 bridgehead atoms. The van der Waals surface area contributed by atoms with Gasteiger partial charge in [-0.15, -0.1) is 0 Å². The molecule has 0 N–H and O–H groups in total. The normalized spacial score (nSPS) is 11.2. The van der Waals surface area contributed by atoms with E-state index >= 15 is 0 Å². The molecule has 0 saturated heterocycles. The van der Waals surface area contributed by atoms with Crippen molar-refractivity contribution in [3.8, 4) is 0 Å². The molecule has 0 fully saturated rings. The fourth-order valence-electron chi connectivity index (χ4n) is 0.562. The van der Waals surface area contributed by atoms with Gasteiger partial charge in [0.15, 0.2) is 0 Å². The number of alkyl halides is 3. The van der Waals surface area contributed by atoms with Gasteiger partial charge in [0.05, 0.1) is 6.20 Å². The third kappa shape index (κ3) is 2.30. The van der Waals surface area contributed by atoms with Crippen LogP contribution in [-0.2, 0) is 0 Å². The van der Waals surface area contributed by atoms with E-state index in [1.807, 2.05) is 0 Å². The van der Waals surface area contributed by atoms with E-state index in [1.54, 1.807) is 0 Å². The fraction of sp³-hybridized carbons (Fsp3) is 0.167. The van der Waals surface area contributed by atoms with Crippen molar-refractivity contribution >= 4 is 40.6 Å². The molecule has 0 atom stereocenters. The van der Waals surface area contributed by atoms with E-state index in [0.29, 0.717) is 0 Å². The smallest absolute Gasteiger partial charge is 0.255 e. The molecule has 1 aromatic heterocycles. The lowest BCUT2D eigenvalue weighted by Gasteiger charge is -2.06. The molecular weight excluding hydrogens is 222 g/mol. The van der Waals surface area contributed by atoms with Gasteiger partial charge >= 0.3 is 0 Å². The van der Waals surface area contributed by atoms with Crippen molar-refractivity contribution in [1.29, 1.82) is 0 Å². The van der Waals surface area contributed by atoms with E-state index in [1.165, 1.54) is 18.6 Å². The van der Waals surface area contributed by atoms with Crippen LogP contribution in [0.4, 0.5) is 0 Å². The Morgan fingerprint density at radius 1 is 1.33 bits per heavy atom. The van der Waals surface area contributed by atoms with Crippen molar-refractivity contribution in [2.45, 2.75) is 3.79 Å². The zero-order valence-corrected chi connectivity index (χ0v) is 7.94. The van der Waals surface area contributed by atoms with E-state index < -0.39 is 9.58 Å². The van der Waals surface area contributed by atoms with E-state index in [0.717, 1.165) is 0 Å². The van der Waals surface area contributed by atoms with Gasteiger partial charge in [0.2, 0.25) is 5.78 Å². The number of aromatic nitrogens is 2. The number of ketones is 1. The summed E-state index contributed by atoms with van der Waals surface area (Å²) in [5.74, 6) is -0.680. The third-order valence-corrected chi connectivity index (χ3v) is 1.57. The van der Waals surface area contributed by atoms with Gasteiger partial charge in [-0.2, -0.15) is 0 Å². The molecule has 0 amide bonds. The van der Waals surface area contributed by atoms with Gasteiger partial charge in [-0.1, -0.05) is 34.8 Å². The van der Waals surface area contributed by atoms with E-state index in [2.05, 4.69) is 9.97 Å². The molecule has 0 radical (unpaired) electrons. The van der Waals surface area contributed by atoms with Crippen LogP contribution in [-0.4, -0.2) is 19.5 Å². The predicted octanol–water partition coefficient (Wildman–Crippen LogP) is 2.03. The van der Waals surface area contributed by atoms with Crippen molar-refractivity contribution in [2.24, 2.45) is 0 Å². The minimum Gasteiger partial charge on any atom is -0.287 e. The summed E-state index contributed by atoms with van der Waals surface area (Å²) in [6, 6.07) is 0. The summed E-state index contributed by atoms with van der Waals surface area (Å²) < 4.78 is -1.96. The van der Waals surface area contributed by atoms with Crippen LogP contribution < -0.4 is 0 Å². The van der Waals surface area contributed by atoms with Gasteiger partial charge in [-0.25, -0.2) is 4.98 Å². The highest BCUT2D eigenvalue weighted by molar-refractivity contribution is 6.77. The molecule has 1 aromatic rings. The first-order chi connectivity index (χ1) is 5.52. The number of rotatable bonds is 1. The maximum absolute atomic E-state index is 11.2. The summed E-state index contributed by atoms with van der Waals surface area (Å²) in [5.41, 5.74) is 0.0394. The Morgan fingerprint density at radius 3 is 2.42 bits per heavy atom. The second kappa shape index (κ2) is 3.56. The van der Waals surface area contributed by atoms with E-state index in [9.17, 15) is 4.79 Å². The average Bonchev–Trinajstić information content (AvgIpc) is 2.03. The lowest BCUT2D eigenvalue weighted by Crippen LogP contribution is -2.20. The summed E-state index contributed by atoms with van der Waals surface area (Å²) in [6.45, 7) is 0. The Kier molecular flexibility index (Phi) is 2.88. The standard InChI is InChI=1S/C6H3Cl3N2O/c7-6(8,9)5(12)4-3-10-1-2-11-4/h1-3H. The molecule has 0 aliphatic rings. The van der Waals surface area contributed by atoms with Crippen molar-refractivity contribution in [3.05, 3.63) is 24.3 Å². The Hall–Kier alpha value is -0.380. The molecule has 0 aliphatic heterocycles. The second-order valence-electron chi connectivity index (χ2n) is 1.92. The van der Waals surface area contributed by atoms with Crippen LogP contribution >= 0.6 is 34.8 Å². The highest BCUT2D eigenvalue weighted by atomic mass is 35.6. The number of nitrogens with zero attached hydrogens (tertiary/aromatic N) is 2. The van der Waals surface area contributed by atoms with Crippen LogP contribution in [0.3, 0.4) is 0 Å². The number of hydrogen-bond acceptors (Lipinski definition) is 3. The highest BCUT2D eigenvalue weighted by Gasteiger charge is 2.32. The summed E-state index contributed by atoms with van der Waals surface area (Å²) >= 11 is 16.0. The van der Waals surface area contributed by atoms with Gasteiger partial charge in [0.1, 0.15) is 5.69 Å². The molecular formula is C6H3Cl3N2O. The van der Waals surface area contributed by atoms with Gasteiger partial charge < -0.3 is 0 Å². The lowest BCUT2D eigenvalue weighted by molar-refractivity contribution is 0.0991. The molecule has 0 spiro atoms. The molecule has 64 valence electrons. The van der Waals surface area contributed by atoms with Crippen LogP contribution in [0.1, 0.15) is 10.5 Å². The van der Waals surface area contributed by atoms with Crippen molar-refractivity contribution in [1.82, 2.24) is 9.97 Å². The van der Waals surface area contributed by atoms with Crippen molar-refractivity contribution in [3.63, 3.8) is 0 Å². The molecule has 0 aromatic carbocycles. The molecule has 6 heteroatoms. The van der Waals surface area contributed by atoms with Gasteiger partial charge in [0, 0.05) is 12.4 Å². The number of carbonyl (C=O) groups excluding carboxylic acids is 1. The van der Waals surface area contributed by atoms with Crippen LogP contribution in [0.5, 0.6) is 0 Å². The summed E-state index contributed by atoms with van der Waals surface area (Å²) in [5, 5.41) is 0. The van der Waals surface area contributed by atoms with E-state index in [4.69, 9.17) is 34.8 Å². The maximum Gasteiger partial charge on any atom is 0.255 e. The highest BCUT2D eigenvalue weighted by Crippen LogP contribution is 2.29. The van der Waals surface area contributed by atoms with Crippen LogP contribution in [0.25, 0.3) is 0 Å². The van der Waals surface area contributed by atoms with Crippen molar-refractivity contribution < 1.29 is 4.79 Å². The monoisotopic (exact) mass is 224 g/mol. The number of carbonyl (C=O) groups is 1. The molecule has 0 saturated carbocycles. The first-order valence-corrected chi connectivity index (χ1v) is 4.03. The quantitative estimate of drug-likeness (QED) is 0.542. The van der Waals surface area contributed by atoms with Crippen LogP contribution in [0.2, 0.25) is 0 Å². The van der Waals surface area contributed by atoms with Crippen LogP contribution in [0.15, 0.2) is 18.6 Å². The zero-order chi connectivity index (χ0) is 9.19. The number of hydrogen-bond donors (Lipinski definition) is 0. The second-order valence-corrected chi connectivity index (χ2v) is 4.20. The van der Waals surface area contributed by atoms with Gasteiger partial charge in [-0.3, -0.25) is 9.78 Å². The molecule has 1 heterocycles. The Morgan fingerprint density at radius 2 is 2.00 bits per heavy atom. The molecule has 12 heavy (non-hydrogen) atoms. The Balaban J connectivity index is 2.94. The van der Waals surface area contributed by atoms with Gasteiger partial charge in [0.25, 0.3) is 3.79 Å². The van der Waals surface area contributed by atoms with Gasteiger partial charge in [-0.05, 0) is 0 Å². The lowest BCUT2D eigenvalue weighted by atomic mass is 10.3. The van der Waals surface area contributed by atoms with Crippen molar-refractivity contribution in [2.75, 3.05) is 0 Å². The number of Topliss-reactive ketones (excluding diaryl/α,β-unsaturated/α-hetero) is 1. The Labute approximate surface area is 83.7 Å².